The molecule has 90 valence electrons. The number of morpholine rings is 1. The molecule has 1 heterocycles. The molecule has 1 saturated heterocycles. The van der Waals surface area contributed by atoms with Crippen molar-refractivity contribution in [2.24, 2.45) is 0 Å². The number of nitrogens with zero attached hydrogens (tertiary/aromatic N) is 1. The van der Waals surface area contributed by atoms with Gasteiger partial charge in [0.15, 0.2) is 0 Å². The van der Waals surface area contributed by atoms with Crippen LogP contribution in [0.25, 0.3) is 0 Å². The minimum Gasteiger partial charge on any atom is -0.382 e. The number of rotatable bonds is 3. The number of nitriles is 1. The third kappa shape index (κ3) is 3.19. The molecule has 0 aromatic heterocycles. The van der Waals surface area contributed by atoms with Gasteiger partial charge in [-0.25, -0.2) is 0 Å². The van der Waals surface area contributed by atoms with E-state index in [1.165, 1.54) is 0 Å². The van der Waals surface area contributed by atoms with E-state index in [2.05, 4.69) is 16.7 Å². The summed E-state index contributed by atoms with van der Waals surface area (Å²) in [6.45, 7) is 5.20. The summed E-state index contributed by atoms with van der Waals surface area (Å²) >= 11 is 0. The van der Waals surface area contributed by atoms with E-state index in [0.29, 0.717) is 11.6 Å². The molecule has 0 spiro atoms. The van der Waals surface area contributed by atoms with Gasteiger partial charge in [0.05, 0.1) is 24.5 Å². The largest absolute Gasteiger partial charge is 0.382 e. The lowest BCUT2D eigenvalue weighted by molar-refractivity contribution is 0.0806. The van der Waals surface area contributed by atoms with Gasteiger partial charge < -0.3 is 15.4 Å². The predicted molar refractivity (Wildman–Crippen MR) is 67.0 cm³/mol. The Hall–Kier alpha value is -1.57. The summed E-state index contributed by atoms with van der Waals surface area (Å²) in [6.07, 6.45) is 0. The Morgan fingerprint density at radius 2 is 2.47 bits per heavy atom. The van der Waals surface area contributed by atoms with Crippen LogP contribution in [-0.4, -0.2) is 32.3 Å². The zero-order valence-corrected chi connectivity index (χ0v) is 9.99. The third-order valence-electron chi connectivity index (χ3n) is 2.83. The summed E-state index contributed by atoms with van der Waals surface area (Å²) in [7, 11) is 0. The summed E-state index contributed by atoms with van der Waals surface area (Å²) < 4.78 is 5.38. The van der Waals surface area contributed by atoms with E-state index in [9.17, 15) is 0 Å². The van der Waals surface area contributed by atoms with Crippen LogP contribution in [0.15, 0.2) is 18.2 Å². The fourth-order valence-corrected chi connectivity index (χ4v) is 1.89. The van der Waals surface area contributed by atoms with E-state index >= 15 is 0 Å². The van der Waals surface area contributed by atoms with E-state index in [0.717, 1.165) is 37.6 Å². The van der Waals surface area contributed by atoms with Gasteiger partial charge in [-0.2, -0.15) is 5.26 Å². The van der Waals surface area contributed by atoms with Crippen LogP contribution in [0.1, 0.15) is 11.1 Å². The molecule has 1 atom stereocenters. The van der Waals surface area contributed by atoms with Crippen LogP contribution in [0, 0.1) is 18.3 Å². The number of benzene rings is 1. The first-order chi connectivity index (χ1) is 8.29. The Morgan fingerprint density at radius 1 is 1.59 bits per heavy atom. The second-order valence-electron chi connectivity index (χ2n) is 4.27. The van der Waals surface area contributed by atoms with Crippen molar-refractivity contribution in [2.45, 2.75) is 13.0 Å². The minimum atomic E-state index is 0.316. The lowest BCUT2D eigenvalue weighted by Crippen LogP contribution is -2.45. The van der Waals surface area contributed by atoms with Gasteiger partial charge in [-0.3, -0.25) is 0 Å². The summed E-state index contributed by atoms with van der Waals surface area (Å²) in [4.78, 5) is 0. The number of anilines is 1. The monoisotopic (exact) mass is 231 g/mol. The molecule has 2 N–H and O–H groups in total. The first-order valence-corrected chi connectivity index (χ1v) is 5.85. The van der Waals surface area contributed by atoms with Gasteiger partial charge >= 0.3 is 0 Å². The summed E-state index contributed by atoms with van der Waals surface area (Å²) in [5, 5.41) is 15.7. The number of aryl methyl sites for hydroxylation is 1. The van der Waals surface area contributed by atoms with Gasteiger partial charge in [0.1, 0.15) is 6.07 Å². The highest BCUT2D eigenvalue weighted by molar-refractivity contribution is 5.58. The number of hydrogen-bond donors (Lipinski definition) is 2. The highest BCUT2D eigenvalue weighted by Crippen LogP contribution is 2.16. The molecule has 0 bridgehead atoms. The lowest BCUT2D eigenvalue weighted by atomic mass is 10.1. The van der Waals surface area contributed by atoms with Crippen LogP contribution in [0.3, 0.4) is 0 Å². The molecular formula is C13H17N3O. The average molecular weight is 231 g/mol. The molecule has 0 aliphatic carbocycles. The molecular weight excluding hydrogens is 214 g/mol. The fourth-order valence-electron chi connectivity index (χ4n) is 1.89. The molecule has 0 amide bonds. The topological polar surface area (TPSA) is 57.1 Å². The van der Waals surface area contributed by atoms with Crippen LogP contribution in [0.2, 0.25) is 0 Å². The van der Waals surface area contributed by atoms with Crippen molar-refractivity contribution in [3.63, 3.8) is 0 Å². The van der Waals surface area contributed by atoms with Crippen molar-refractivity contribution in [2.75, 3.05) is 31.6 Å². The number of nitrogens with one attached hydrogen (secondary N) is 2. The van der Waals surface area contributed by atoms with E-state index in [1.807, 2.05) is 25.1 Å². The standard InChI is InChI=1S/C13H17N3O/c1-10-2-3-11(7-14)13(6-10)16-8-12-9-17-5-4-15-12/h2-3,6,12,15-16H,4-5,8-9H2,1H3. The Morgan fingerprint density at radius 3 is 3.18 bits per heavy atom. The second kappa shape index (κ2) is 5.67. The molecule has 0 saturated carbocycles. The van der Waals surface area contributed by atoms with Crippen molar-refractivity contribution in [1.82, 2.24) is 5.32 Å². The van der Waals surface area contributed by atoms with Gasteiger partial charge in [-0.15, -0.1) is 0 Å². The number of ether oxygens (including phenoxy) is 1. The molecule has 1 unspecified atom stereocenters. The molecule has 17 heavy (non-hydrogen) atoms. The van der Waals surface area contributed by atoms with Gasteiger partial charge in [0.25, 0.3) is 0 Å². The molecule has 0 radical (unpaired) electrons. The Balaban J connectivity index is 1.98. The molecule has 4 nitrogen and oxygen atoms in total. The van der Waals surface area contributed by atoms with Gasteiger partial charge in [0, 0.05) is 19.1 Å². The maximum atomic E-state index is 9.02. The highest BCUT2D eigenvalue weighted by atomic mass is 16.5. The highest BCUT2D eigenvalue weighted by Gasteiger charge is 2.13. The van der Waals surface area contributed by atoms with Crippen molar-refractivity contribution < 1.29 is 4.74 Å². The molecule has 4 heteroatoms. The fraction of sp³-hybridized carbons (Fsp3) is 0.462. The molecule has 1 fully saturated rings. The van der Waals surface area contributed by atoms with E-state index in [-0.39, 0.29) is 0 Å². The summed E-state index contributed by atoms with van der Waals surface area (Å²) in [6, 6.07) is 8.31. The summed E-state index contributed by atoms with van der Waals surface area (Å²) in [5.74, 6) is 0. The first-order valence-electron chi connectivity index (χ1n) is 5.85. The van der Waals surface area contributed by atoms with Crippen molar-refractivity contribution in [3.8, 4) is 6.07 Å². The van der Waals surface area contributed by atoms with E-state index in [4.69, 9.17) is 10.00 Å². The zero-order chi connectivity index (χ0) is 12.1. The quantitative estimate of drug-likeness (QED) is 0.822. The molecule has 2 rings (SSSR count). The second-order valence-corrected chi connectivity index (χ2v) is 4.27. The van der Waals surface area contributed by atoms with Gasteiger partial charge in [-0.05, 0) is 24.6 Å². The van der Waals surface area contributed by atoms with Crippen molar-refractivity contribution in [3.05, 3.63) is 29.3 Å². The Labute approximate surface area is 102 Å². The smallest absolute Gasteiger partial charge is 0.101 e. The SMILES string of the molecule is Cc1ccc(C#N)c(NCC2COCCN2)c1. The average Bonchev–Trinajstić information content (AvgIpc) is 2.38. The normalized spacial score (nSPS) is 19.6. The molecule has 1 aromatic carbocycles. The van der Waals surface area contributed by atoms with Crippen molar-refractivity contribution >= 4 is 5.69 Å². The zero-order valence-electron chi connectivity index (χ0n) is 9.99. The summed E-state index contributed by atoms with van der Waals surface area (Å²) in [5.41, 5.74) is 2.74. The van der Waals surface area contributed by atoms with Crippen LogP contribution in [-0.2, 0) is 4.74 Å². The van der Waals surface area contributed by atoms with Crippen molar-refractivity contribution in [1.29, 1.82) is 5.26 Å². The lowest BCUT2D eigenvalue weighted by Gasteiger charge is -2.24. The number of hydrogen-bond acceptors (Lipinski definition) is 4. The maximum absolute atomic E-state index is 9.02. The molecule has 1 aromatic rings. The van der Waals surface area contributed by atoms with Crippen LogP contribution in [0.4, 0.5) is 5.69 Å². The van der Waals surface area contributed by atoms with Gasteiger partial charge in [0.2, 0.25) is 0 Å². The first kappa shape index (κ1) is 11.9. The van der Waals surface area contributed by atoms with Gasteiger partial charge in [-0.1, -0.05) is 6.07 Å². The Bertz CT molecular complexity index is 419. The minimum absolute atomic E-state index is 0.316. The third-order valence-corrected chi connectivity index (χ3v) is 2.83. The van der Waals surface area contributed by atoms with E-state index < -0.39 is 0 Å². The molecule has 1 aliphatic heterocycles. The van der Waals surface area contributed by atoms with E-state index in [1.54, 1.807) is 0 Å². The van der Waals surface area contributed by atoms with Crippen LogP contribution >= 0.6 is 0 Å². The van der Waals surface area contributed by atoms with Crippen LogP contribution in [0.5, 0.6) is 0 Å². The Kier molecular flexibility index (Phi) is 3.97. The maximum Gasteiger partial charge on any atom is 0.101 e. The molecule has 1 aliphatic rings. The van der Waals surface area contributed by atoms with Crippen LogP contribution < -0.4 is 10.6 Å². The predicted octanol–water partition coefficient (Wildman–Crippen LogP) is 1.27.